The lowest BCUT2D eigenvalue weighted by molar-refractivity contribution is -0.153. The van der Waals surface area contributed by atoms with Gasteiger partial charge in [-0.15, -0.1) is 0 Å². The van der Waals surface area contributed by atoms with Crippen LogP contribution >= 0.6 is 0 Å². The summed E-state index contributed by atoms with van der Waals surface area (Å²) >= 11 is 0. The minimum Gasteiger partial charge on any atom is -0.460 e. The molecular weight excluding hydrogens is 254 g/mol. The molecular formula is C16H17NO3. The quantitative estimate of drug-likeness (QED) is 0.489. The first-order chi connectivity index (χ1) is 9.35. The van der Waals surface area contributed by atoms with Crippen molar-refractivity contribution >= 4 is 22.7 Å². The third-order valence-corrected chi connectivity index (χ3v) is 2.61. The van der Waals surface area contributed by atoms with Gasteiger partial charge in [-0.3, -0.25) is 9.59 Å². The normalized spacial score (nSPS) is 11.3. The summed E-state index contributed by atoms with van der Waals surface area (Å²) in [5, 5.41) is 0.960. The maximum Gasteiger partial charge on any atom is 0.314 e. The van der Waals surface area contributed by atoms with Crippen LogP contribution in [0.15, 0.2) is 36.4 Å². The fraction of sp³-hybridized carbons (Fsp3) is 0.312. The molecule has 1 heterocycles. The molecule has 0 unspecified atom stereocenters. The second-order valence-corrected chi connectivity index (χ2v) is 5.58. The summed E-state index contributed by atoms with van der Waals surface area (Å²) < 4.78 is 5.13. The Balaban J connectivity index is 2.13. The van der Waals surface area contributed by atoms with E-state index >= 15 is 0 Å². The van der Waals surface area contributed by atoms with Crippen LogP contribution in [0.4, 0.5) is 0 Å². The van der Waals surface area contributed by atoms with Crippen molar-refractivity contribution in [3.63, 3.8) is 0 Å². The zero-order chi connectivity index (χ0) is 14.8. The van der Waals surface area contributed by atoms with E-state index in [2.05, 4.69) is 4.98 Å². The first-order valence-corrected chi connectivity index (χ1v) is 6.46. The largest absolute Gasteiger partial charge is 0.460 e. The smallest absolute Gasteiger partial charge is 0.314 e. The van der Waals surface area contributed by atoms with Crippen LogP contribution in [0.25, 0.3) is 10.9 Å². The van der Waals surface area contributed by atoms with Crippen molar-refractivity contribution in [2.24, 2.45) is 0 Å². The number of aromatic nitrogens is 1. The Morgan fingerprint density at radius 3 is 2.50 bits per heavy atom. The van der Waals surface area contributed by atoms with Crippen LogP contribution in [0.1, 0.15) is 37.7 Å². The molecule has 1 aromatic heterocycles. The van der Waals surface area contributed by atoms with E-state index in [1.165, 1.54) is 0 Å². The highest BCUT2D eigenvalue weighted by molar-refractivity contribution is 6.05. The van der Waals surface area contributed by atoms with Crippen molar-refractivity contribution in [3.05, 3.63) is 42.1 Å². The average molecular weight is 271 g/mol. The summed E-state index contributed by atoms with van der Waals surface area (Å²) in [6.07, 6.45) is -0.289. The Hall–Kier alpha value is -2.23. The molecule has 0 radical (unpaired) electrons. The van der Waals surface area contributed by atoms with E-state index in [9.17, 15) is 9.59 Å². The number of benzene rings is 1. The van der Waals surface area contributed by atoms with Crippen LogP contribution in [0.5, 0.6) is 0 Å². The Kier molecular flexibility index (Phi) is 3.84. The summed E-state index contributed by atoms with van der Waals surface area (Å²) in [6, 6.07) is 11.0. The fourth-order valence-electron chi connectivity index (χ4n) is 1.82. The van der Waals surface area contributed by atoms with Gasteiger partial charge < -0.3 is 4.74 Å². The van der Waals surface area contributed by atoms with Gasteiger partial charge in [0.15, 0.2) is 5.78 Å². The SMILES string of the molecule is CC(C)(C)OC(=O)CC(=O)c1ccc2ccccc2n1. The molecule has 2 aromatic rings. The summed E-state index contributed by atoms with van der Waals surface area (Å²) in [5.41, 5.74) is 0.436. The molecule has 0 fully saturated rings. The molecule has 0 saturated heterocycles. The molecule has 0 amide bonds. The Labute approximate surface area is 117 Å². The molecule has 0 saturated carbocycles. The predicted octanol–water partition coefficient (Wildman–Crippen LogP) is 3.15. The topological polar surface area (TPSA) is 56.3 Å². The van der Waals surface area contributed by atoms with Crippen molar-refractivity contribution in [3.8, 4) is 0 Å². The van der Waals surface area contributed by atoms with Gasteiger partial charge in [-0.2, -0.15) is 0 Å². The third-order valence-electron chi connectivity index (χ3n) is 2.61. The standard InChI is InChI=1S/C16H17NO3/c1-16(2,3)20-15(19)10-14(18)13-9-8-11-6-4-5-7-12(11)17-13/h4-9H,10H2,1-3H3. The summed E-state index contributed by atoms with van der Waals surface area (Å²) in [6.45, 7) is 5.30. The van der Waals surface area contributed by atoms with Gasteiger partial charge in [0.1, 0.15) is 17.7 Å². The number of esters is 1. The van der Waals surface area contributed by atoms with Crippen molar-refractivity contribution < 1.29 is 14.3 Å². The Morgan fingerprint density at radius 2 is 1.80 bits per heavy atom. The van der Waals surface area contributed by atoms with Crippen LogP contribution < -0.4 is 0 Å². The zero-order valence-electron chi connectivity index (χ0n) is 11.8. The number of carbonyl (C=O) groups is 2. The van der Waals surface area contributed by atoms with Gasteiger partial charge in [-0.25, -0.2) is 4.98 Å². The monoisotopic (exact) mass is 271 g/mol. The summed E-state index contributed by atoms with van der Waals surface area (Å²) in [7, 11) is 0. The zero-order valence-corrected chi connectivity index (χ0v) is 11.8. The predicted molar refractivity (Wildman–Crippen MR) is 76.5 cm³/mol. The van der Waals surface area contributed by atoms with Gasteiger partial charge in [0, 0.05) is 5.39 Å². The second-order valence-electron chi connectivity index (χ2n) is 5.58. The van der Waals surface area contributed by atoms with Gasteiger partial charge in [-0.05, 0) is 32.9 Å². The fourth-order valence-corrected chi connectivity index (χ4v) is 1.82. The van der Waals surface area contributed by atoms with Crippen LogP contribution in [-0.4, -0.2) is 22.3 Å². The third kappa shape index (κ3) is 3.63. The van der Waals surface area contributed by atoms with Crippen LogP contribution in [-0.2, 0) is 9.53 Å². The van der Waals surface area contributed by atoms with Crippen molar-refractivity contribution in [1.29, 1.82) is 0 Å². The van der Waals surface area contributed by atoms with Gasteiger partial charge >= 0.3 is 5.97 Å². The number of para-hydroxylation sites is 1. The number of hydrogen-bond acceptors (Lipinski definition) is 4. The number of nitrogens with zero attached hydrogens (tertiary/aromatic N) is 1. The van der Waals surface area contributed by atoms with Crippen molar-refractivity contribution in [2.75, 3.05) is 0 Å². The van der Waals surface area contributed by atoms with E-state index in [1.807, 2.05) is 30.3 Å². The van der Waals surface area contributed by atoms with Crippen LogP contribution in [0, 0.1) is 0 Å². The molecule has 0 aliphatic heterocycles. The molecule has 4 heteroatoms. The molecule has 0 aliphatic rings. The van der Waals surface area contributed by atoms with Crippen molar-refractivity contribution in [2.45, 2.75) is 32.8 Å². The molecule has 20 heavy (non-hydrogen) atoms. The number of hydrogen-bond donors (Lipinski definition) is 0. The maximum atomic E-state index is 12.0. The molecule has 0 aliphatic carbocycles. The van der Waals surface area contributed by atoms with Gasteiger partial charge in [0.05, 0.1) is 5.52 Å². The van der Waals surface area contributed by atoms with Gasteiger partial charge in [0.25, 0.3) is 0 Å². The molecule has 0 bridgehead atoms. The Bertz CT molecular complexity index is 656. The highest BCUT2D eigenvalue weighted by Crippen LogP contribution is 2.14. The molecule has 0 atom stereocenters. The first kappa shape index (κ1) is 14.2. The van der Waals surface area contributed by atoms with Crippen LogP contribution in [0.3, 0.4) is 0 Å². The van der Waals surface area contributed by atoms with Crippen LogP contribution in [0.2, 0.25) is 0 Å². The van der Waals surface area contributed by atoms with E-state index in [4.69, 9.17) is 4.74 Å². The number of pyridine rings is 1. The maximum absolute atomic E-state index is 12.0. The lowest BCUT2D eigenvalue weighted by Crippen LogP contribution is -2.25. The number of fused-ring (bicyclic) bond motifs is 1. The highest BCUT2D eigenvalue weighted by Gasteiger charge is 2.20. The molecule has 0 spiro atoms. The minimum absolute atomic E-state index is 0.287. The molecule has 2 rings (SSSR count). The second kappa shape index (κ2) is 5.41. The summed E-state index contributed by atoms with van der Waals surface area (Å²) in [4.78, 5) is 27.9. The van der Waals surface area contributed by atoms with E-state index in [0.717, 1.165) is 10.9 Å². The number of ether oxygens (including phenoxy) is 1. The van der Waals surface area contributed by atoms with E-state index in [1.54, 1.807) is 26.8 Å². The number of rotatable bonds is 3. The molecule has 104 valence electrons. The van der Waals surface area contributed by atoms with Crippen molar-refractivity contribution in [1.82, 2.24) is 4.98 Å². The average Bonchev–Trinajstić information content (AvgIpc) is 2.35. The molecule has 1 aromatic carbocycles. The minimum atomic E-state index is -0.589. The lowest BCUT2D eigenvalue weighted by Gasteiger charge is -2.19. The number of carbonyl (C=O) groups excluding carboxylic acids is 2. The Morgan fingerprint density at radius 1 is 1.10 bits per heavy atom. The van der Waals surface area contributed by atoms with E-state index < -0.39 is 11.6 Å². The lowest BCUT2D eigenvalue weighted by atomic mass is 10.1. The highest BCUT2D eigenvalue weighted by atomic mass is 16.6. The molecule has 0 N–H and O–H groups in total. The van der Waals surface area contributed by atoms with Gasteiger partial charge in [0.2, 0.25) is 0 Å². The van der Waals surface area contributed by atoms with E-state index in [-0.39, 0.29) is 17.9 Å². The van der Waals surface area contributed by atoms with Gasteiger partial charge in [-0.1, -0.05) is 24.3 Å². The first-order valence-electron chi connectivity index (χ1n) is 6.46. The number of ketones is 1. The number of Topliss-reactive ketones (excluding diaryl/α,β-unsaturated/α-hetero) is 1. The molecule has 4 nitrogen and oxygen atoms in total. The van der Waals surface area contributed by atoms with E-state index in [0.29, 0.717) is 0 Å². The summed E-state index contributed by atoms with van der Waals surface area (Å²) in [5.74, 6) is -0.859.